The molecule has 6 nitrogen and oxygen atoms in total. The van der Waals surface area contributed by atoms with E-state index in [0.29, 0.717) is 11.1 Å². The van der Waals surface area contributed by atoms with Gasteiger partial charge in [-0.1, -0.05) is 12.1 Å². The minimum Gasteiger partial charge on any atom is -0.508 e. The van der Waals surface area contributed by atoms with E-state index in [1.165, 1.54) is 36.4 Å². The number of benzene rings is 2. The summed E-state index contributed by atoms with van der Waals surface area (Å²) >= 11 is 0. The molecule has 0 aliphatic rings. The largest absolute Gasteiger partial charge is 0.508 e. The van der Waals surface area contributed by atoms with Gasteiger partial charge in [-0.2, -0.15) is 0 Å². The zero-order valence-electron chi connectivity index (χ0n) is 11.6. The summed E-state index contributed by atoms with van der Waals surface area (Å²) in [6, 6.07) is 9.33. The van der Waals surface area contributed by atoms with Crippen LogP contribution < -0.4 is 5.32 Å². The molecule has 0 aromatic heterocycles. The monoisotopic (exact) mass is 306 g/mol. The summed E-state index contributed by atoms with van der Waals surface area (Å²) in [4.78, 5) is 10.1. The molecule has 0 bridgehead atoms. The van der Waals surface area contributed by atoms with Gasteiger partial charge in [0, 0.05) is 30.8 Å². The van der Waals surface area contributed by atoms with E-state index in [0.717, 1.165) is 0 Å². The maximum absolute atomic E-state index is 13.1. The van der Waals surface area contributed by atoms with Gasteiger partial charge in [0.2, 0.25) is 0 Å². The predicted octanol–water partition coefficient (Wildman–Crippen LogP) is 2.26. The van der Waals surface area contributed by atoms with Crippen LogP contribution >= 0.6 is 0 Å². The Labute approximate surface area is 126 Å². The van der Waals surface area contributed by atoms with Crippen LogP contribution in [-0.4, -0.2) is 21.7 Å². The Kier molecular flexibility index (Phi) is 5.03. The number of hydrogen-bond acceptors (Lipinski definition) is 5. The highest BCUT2D eigenvalue weighted by molar-refractivity contribution is 5.42. The molecule has 3 N–H and O–H groups in total. The topological polar surface area (TPSA) is 95.6 Å². The highest BCUT2D eigenvalue weighted by atomic mass is 19.1. The van der Waals surface area contributed by atoms with E-state index >= 15 is 0 Å². The Bertz CT molecular complexity index is 678. The van der Waals surface area contributed by atoms with Crippen LogP contribution in [0, 0.1) is 15.9 Å². The molecule has 7 heteroatoms. The molecule has 2 rings (SSSR count). The van der Waals surface area contributed by atoms with Gasteiger partial charge < -0.3 is 15.5 Å². The molecular weight excluding hydrogens is 291 g/mol. The molecule has 0 radical (unpaired) electrons. The predicted molar refractivity (Wildman–Crippen MR) is 77.8 cm³/mol. The summed E-state index contributed by atoms with van der Waals surface area (Å²) in [6.07, 6.45) is -0.920. The fourth-order valence-corrected chi connectivity index (χ4v) is 2.00. The molecule has 2 aromatic rings. The number of halogens is 1. The molecule has 0 heterocycles. The molecule has 0 fully saturated rings. The molecule has 0 unspecified atom stereocenters. The second-order valence-electron chi connectivity index (χ2n) is 4.77. The van der Waals surface area contributed by atoms with Crippen molar-refractivity contribution in [1.29, 1.82) is 0 Å². The first kappa shape index (κ1) is 15.9. The smallest absolute Gasteiger partial charge is 0.270 e. The highest BCUT2D eigenvalue weighted by Crippen LogP contribution is 2.23. The maximum Gasteiger partial charge on any atom is 0.270 e. The fraction of sp³-hybridized carbons (Fsp3) is 0.200. The van der Waals surface area contributed by atoms with Crippen molar-refractivity contribution < 1.29 is 19.5 Å². The van der Waals surface area contributed by atoms with Gasteiger partial charge in [-0.05, 0) is 23.8 Å². The number of aliphatic hydroxyl groups excluding tert-OH is 1. The average Bonchev–Trinajstić information content (AvgIpc) is 2.48. The number of rotatable bonds is 6. The number of phenolic OH excluding ortho intramolecular Hbond substituents is 1. The van der Waals surface area contributed by atoms with Crippen molar-refractivity contribution in [3.05, 3.63) is 69.5 Å². The lowest BCUT2D eigenvalue weighted by atomic mass is 10.1. The van der Waals surface area contributed by atoms with Crippen LogP contribution in [0.1, 0.15) is 17.2 Å². The van der Waals surface area contributed by atoms with Crippen molar-refractivity contribution in [2.45, 2.75) is 12.6 Å². The quantitative estimate of drug-likeness (QED) is 0.562. The summed E-state index contributed by atoms with van der Waals surface area (Å²) in [5.41, 5.74) is 0.650. The molecule has 0 amide bonds. The minimum absolute atomic E-state index is 0.0710. The van der Waals surface area contributed by atoms with Crippen molar-refractivity contribution in [2.24, 2.45) is 0 Å². The second-order valence-corrected chi connectivity index (χ2v) is 4.77. The summed E-state index contributed by atoms with van der Waals surface area (Å²) in [5, 5.41) is 33.2. The van der Waals surface area contributed by atoms with Gasteiger partial charge >= 0.3 is 0 Å². The first-order chi connectivity index (χ1) is 10.5. The van der Waals surface area contributed by atoms with Crippen LogP contribution in [0.15, 0.2) is 42.5 Å². The molecule has 0 saturated heterocycles. The van der Waals surface area contributed by atoms with Crippen LogP contribution in [0.4, 0.5) is 10.1 Å². The van der Waals surface area contributed by atoms with Gasteiger partial charge in [-0.15, -0.1) is 0 Å². The number of aliphatic hydroxyl groups is 1. The lowest BCUT2D eigenvalue weighted by molar-refractivity contribution is -0.384. The van der Waals surface area contributed by atoms with Crippen LogP contribution in [-0.2, 0) is 6.54 Å². The fourth-order valence-electron chi connectivity index (χ4n) is 2.00. The van der Waals surface area contributed by atoms with Crippen LogP contribution in [0.25, 0.3) is 0 Å². The third-order valence-electron chi connectivity index (χ3n) is 3.16. The molecule has 0 aliphatic heterocycles. The number of nitro benzene ring substituents is 1. The molecule has 116 valence electrons. The van der Waals surface area contributed by atoms with E-state index in [1.807, 2.05) is 0 Å². The van der Waals surface area contributed by atoms with Crippen molar-refractivity contribution in [3.63, 3.8) is 0 Å². The zero-order chi connectivity index (χ0) is 16.1. The Balaban J connectivity index is 1.96. The lowest BCUT2D eigenvalue weighted by Crippen LogP contribution is -2.21. The second kappa shape index (κ2) is 6.97. The summed E-state index contributed by atoms with van der Waals surface area (Å²) in [7, 11) is 0. The van der Waals surface area contributed by atoms with E-state index in [-0.39, 0.29) is 24.5 Å². The number of phenols is 1. The van der Waals surface area contributed by atoms with E-state index in [2.05, 4.69) is 5.32 Å². The lowest BCUT2D eigenvalue weighted by Gasteiger charge is -2.13. The van der Waals surface area contributed by atoms with Crippen molar-refractivity contribution in [2.75, 3.05) is 6.54 Å². The third-order valence-corrected chi connectivity index (χ3v) is 3.16. The summed E-state index contributed by atoms with van der Waals surface area (Å²) in [6.45, 7) is 0.255. The van der Waals surface area contributed by atoms with E-state index in [9.17, 15) is 24.7 Å². The maximum atomic E-state index is 13.1. The molecule has 22 heavy (non-hydrogen) atoms. The SMILES string of the molecule is O=[N+]([O-])c1ccc(O)c(CNC[C@@H](O)c2cccc(F)c2)c1. The molecule has 0 saturated carbocycles. The minimum atomic E-state index is -0.920. The Morgan fingerprint density at radius 3 is 2.73 bits per heavy atom. The van der Waals surface area contributed by atoms with Gasteiger partial charge in [0.1, 0.15) is 11.6 Å². The van der Waals surface area contributed by atoms with Crippen LogP contribution in [0.3, 0.4) is 0 Å². The molecule has 2 aromatic carbocycles. The Morgan fingerprint density at radius 2 is 2.05 bits per heavy atom. The third kappa shape index (κ3) is 4.00. The van der Waals surface area contributed by atoms with Crippen molar-refractivity contribution >= 4 is 5.69 Å². The highest BCUT2D eigenvalue weighted by Gasteiger charge is 2.12. The van der Waals surface area contributed by atoms with E-state index in [4.69, 9.17) is 0 Å². The Hall–Kier alpha value is -2.51. The van der Waals surface area contributed by atoms with Crippen LogP contribution in [0.2, 0.25) is 0 Å². The first-order valence-corrected chi connectivity index (χ1v) is 6.58. The number of hydrogen-bond donors (Lipinski definition) is 3. The number of aromatic hydroxyl groups is 1. The molecule has 0 aliphatic carbocycles. The Morgan fingerprint density at radius 1 is 1.27 bits per heavy atom. The zero-order valence-corrected chi connectivity index (χ0v) is 11.6. The van der Waals surface area contributed by atoms with Crippen molar-refractivity contribution in [3.8, 4) is 5.75 Å². The van der Waals surface area contributed by atoms with E-state index < -0.39 is 16.8 Å². The normalized spacial score (nSPS) is 12.1. The summed E-state index contributed by atoms with van der Waals surface area (Å²) in [5.74, 6) is -0.508. The molecular formula is C15H15FN2O4. The van der Waals surface area contributed by atoms with Gasteiger partial charge in [0.05, 0.1) is 11.0 Å². The van der Waals surface area contributed by atoms with Gasteiger partial charge in [0.15, 0.2) is 0 Å². The van der Waals surface area contributed by atoms with Crippen LogP contribution in [0.5, 0.6) is 5.75 Å². The summed E-state index contributed by atoms with van der Waals surface area (Å²) < 4.78 is 13.1. The van der Waals surface area contributed by atoms with Gasteiger partial charge in [-0.25, -0.2) is 4.39 Å². The first-order valence-electron chi connectivity index (χ1n) is 6.58. The standard InChI is InChI=1S/C15H15FN2O4/c16-12-3-1-2-10(6-12)15(20)9-17-8-11-7-13(18(21)22)4-5-14(11)19/h1-7,15,17,19-20H,8-9H2/t15-/m1/s1. The molecule has 0 spiro atoms. The van der Waals surface area contributed by atoms with Gasteiger partial charge in [-0.3, -0.25) is 10.1 Å². The number of non-ortho nitro benzene ring substituents is 1. The number of nitrogens with one attached hydrogen (secondary N) is 1. The average molecular weight is 306 g/mol. The number of nitro groups is 1. The van der Waals surface area contributed by atoms with Crippen molar-refractivity contribution in [1.82, 2.24) is 5.32 Å². The number of nitrogens with zero attached hydrogens (tertiary/aromatic N) is 1. The molecule has 1 atom stereocenters. The van der Waals surface area contributed by atoms with Gasteiger partial charge in [0.25, 0.3) is 5.69 Å². The van der Waals surface area contributed by atoms with E-state index in [1.54, 1.807) is 6.07 Å².